The van der Waals surface area contributed by atoms with Gasteiger partial charge in [0, 0.05) is 6.42 Å². The molecule has 0 aromatic heterocycles. The van der Waals surface area contributed by atoms with E-state index >= 15 is 0 Å². The molecule has 0 aliphatic rings. The van der Waals surface area contributed by atoms with E-state index in [1.807, 2.05) is 0 Å². The van der Waals surface area contributed by atoms with Crippen LogP contribution >= 0.6 is 0 Å². The number of primary amides is 1. The van der Waals surface area contributed by atoms with Crippen LogP contribution in [-0.4, -0.2) is 79.9 Å². The zero-order valence-electron chi connectivity index (χ0n) is 32.5. The van der Waals surface area contributed by atoms with Gasteiger partial charge in [0.15, 0.2) is 0 Å². The Bertz CT molecular complexity index is 956. The molecule has 304 valence electrons. The van der Waals surface area contributed by atoms with Crippen LogP contribution in [0.25, 0.3) is 0 Å². The summed E-state index contributed by atoms with van der Waals surface area (Å²) < 4.78 is 0. The number of hydrogen-bond donors (Lipinski definition) is 9. The van der Waals surface area contributed by atoms with Crippen LogP contribution in [-0.2, 0) is 24.0 Å². The van der Waals surface area contributed by atoms with E-state index in [2.05, 4.69) is 28.2 Å². The van der Waals surface area contributed by atoms with Crippen LogP contribution in [0.5, 0.6) is 0 Å². The number of hydrogen-bond acceptors (Lipinski definition) is 9. The Hall–Kier alpha value is -2.81. The molecule has 0 heterocycles. The third-order valence-electron chi connectivity index (χ3n) is 9.37. The van der Waals surface area contributed by atoms with Crippen LogP contribution in [0.4, 0.5) is 0 Å². The largest absolute Gasteiger partial charge is 0.368 e. The number of unbranched alkanes of at least 4 members (excludes halogenated alkanes) is 14. The standard InChI is InChI=1S/C38H77N9O5/c1-2-3-4-5-6-7-8-9-10-11-12-13-14-15-16-25-34(48)44-31(22-18-27-40)36(50)46-33(24-20-29-42)38(52)47-32(23-19-28-41)37(51)45-30(35(43)49)21-17-26-39/h30-33H,2-29,39-42H2,1H3,(H2,43,49)(H,44,48)(H,45,51)(H,46,50)(H,47,52)/t30-,31-,32-,33-/m0/s1. The summed E-state index contributed by atoms with van der Waals surface area (Å²) in [7, 11) is 0. The van der Waals surface area contributed by atoms with E-state index in [1.54, 1.807) is 0 Å². The maximum absolute atomic E-state index is 13.5. The topological polar surface area (TPSA) is 264 Å². The van der Waals surface area contributed by atoms with Gasteiger partial charge in [-0.3, -0.25) is 24.0 Å². The van der Waals surface area contributed by atoms with Crippen molar-refractivity contribution < 1.29 is 24.0 Å². The minimum Gasteiger partial charge on any atom is -0.368 e. The first kappa shape index (κ1) is 49.2. The quantitative estimate of drug-likeness (QED) is 0.0427. The lowest BCUT2D eigenvalue weighted by Crippen LogP contribution is -2.58. The highest BCUT2D eigenvalue weighted by molar-refractivity contribution is 5.95. The van der Waals surface area contributed by atoms with Crippen LogP contribution in [0, 0.1) is 0 Å². The molecular formula is C38H77N9O5. The Labute approximate surface area is 314 Å². The average Bonchev–Trinajstić information content (AvgIpc) is 3.12. The molecule has 0 aromatic carbocycles. The van der Waals surface area contributed by atoms with Gasteiger partial charge < -0.3 is 49.9 Å². The summed E-state index contributed by atoms with van der Waals surface area (Å²) in [6, 6.07) is -3.84. The zero-order chi connectivity index (χ0) is 38.8. The summed E-state index contributed by atoms with van der Waals surface area (Å²) in [5.74, 6) is -2.60. The third kappa shape index (κ3) is 26.0. The maximum atomic E-state index is 13.5. The van der Waals surface area contributed by atoms with Gasteiger partial charge in [0.25, 0.3) is 0 Å². The van der Waals surface area contributed by atoms with Gasteiger partial charge in [0.1, 0.15) is 24.2 Å². The van der Waals surface area contributed by atoms with E-state index < -0.39 is 47.8 Å². The predicted molar refractivity (Wildman–Crippen MR) is 210 cm³/mol. The normalized spacial score (nSPS) is 13.5. The second-order valence-electron chi connectivity index (χ2n) is 14.1. The fraction of sp³-hybridized carbons (Fsp3) is 0.868. The van der Waals surface area contributed by atoms with Gasteiger partial charge in [-0.15, -0.1) is 0 Å². The van der Waals surface area contributed by atoms with Gasteiger partial charge in [0.05, 0.1) is 0 Å². The second kappa shape index (κ2) is 34.0. The lowest BCUT2D eigenvalue weighted by molar-refractivity contribution is -0.134. The van der Waals surface area contributed by atoms with Crippen LogP contribution in [0.3, 0.4) is 0 Å². The highest BCUT2D eigenvalue weighted by Gasteiger charge is 2.30. The van der Waals surface area contributed by atoms with Gasteiger partial charge in [-0.25, -0.2) is 0 Å². The Morgan fingerprint density at radius 2 is 0.692 bits per heavy atom. The molecule has 4 atom stereocenters. The molecule has 0 bridgehead atoms. The molecule has 0 aromatic rings. The lowest BCUT2D eigenvalue weighted by atomic mass is 10.0. The molecule has 52 heavy (non-hydrogen) atoms. The lowest BCUT2D eigenvalue weighted by Gasteiger charge is -2.26. The summed E-state index contributed by atoms with van der Waals surface area (Å²) in [5, 5.41) is 10.9. The SMILES string of the molecule is CCCCCCCCCCCCCCCCCC(=O)N[C@@H](CCCN)C(=O)N[C@@H](CCCN)C(=O)N[C@@H](CCCN)C(=O)N[C@@H](CCCN)C(N)=O. The van der Waals surface area contributed by atoms with Crippen molar-refractivity contribution in [3.05, 3.63) is 0 Å². The summed E-state index contributed by atoms with van der Waals surface area (Å²) in [5.41, 5.74) is 28.1. The van der Waals surface area contributed by atoms with Gasteiger partial charge in [-0.1, -0.05) is 96.8 Å². The highest BCUT2D eigenvalue weighted by Crippen LogP contribution is 2.14. The highest BCUT2D eigenvalue weighted by atomic mass is 16.2. The van der Waals surface area contributed by atoms with E-state index in [1.165, 1.54) is 77.0 Å². The summed E-state index contributed by atoms with van der Waals surface area (Å²) in [6.45, 7) is 3.47. The summed E-state index contributed by atoms with van der Waals surface area (Å²) in [4.78, 5) is 64.9. The molecule has 14 nitrogen and oxygen atoms in total. The van der Waals surface area contributed by atoms with Crippen LogP contribution in [0.2, 0.25) is 0 Å². The van der Waals surface area contributed by atoms with Gasteiger partial charge in [-0.2, -0.15) is 0 Å². The van der Waals surface area contributed by atoms with Crippen molar-refractivity contribution >= 4 is 29.5 Å². The van der Waals surface area contributed by atoms with E-state index in [0.29, 0.717) is 51.6 Å². The number of carbonyl (C=O) groups is 5. The number of amides is 5. The Kier molecular flexibility index (Phi) is 32.2. The molecule has 0 spiro atoms. The predicted octanol–water partition coefficient (Wildman–Crippen LogP) is 2.63. The zero-order valence-corrected chi connectivity index (χ0v) is 32.5. The molecule has 0 saturated heterocycles. The maximum Gasteiger partial charge on any atom is 0.243 e. The molecule has 0 fully saturated rings. The second-order valence-corrected chi connectivity index (χ2v) is 14.1. The number of nitrogens with one attached hydrogen (secondary N) is 4. The van der Waals surface area contributed by atoms with Gasteiger partial charge >= 0.3 is 0 Å². The monoisotopic (exact) mass is 740 g/mol. The first-order chi connectivity index (χ1) is 25.1. The fourth-order valence-electron chi connectivity index (χ4n) is 6.12. The van der Waals surface area contributed by atoms with Crippen molar-refractivity contribution in [1.29, 1.82) is 0 Å². The Morgan fingerprint density at radius 3 is 1.02 bits per heavy atom. The molecule has 14 heteroatoms. The molecule has 0 radical (unpaired) electrons. The van der Waals surface area contributed by atoms with E-state index in [-0.39, 0.29) is 38.3 Å². The molecule has 14 N–H and O–H groups in total. The van der Waals surface area contributed by atoms with Crippen molar-refractivity contribution in [2.45, 2.75) is 185 Å². The van der Waals surface area contributed by atoms with Crippen molar-refractivity contribution in [3.8, 4) is 0 Å². The molecule has 0 unspecified atom stereocenters. The van der Waals surface area contributed by atoms with E-state index in [9.17, 15) is 24.0 Å². The van der Waals surface area contributed by atoms with Crippen LogP contribution in [0.15, 0.2) is 0 Å². The third-order valence-corrected chi connectivity index (χ3v) is 9.37. The number of nitrogens with two attached hydrogens (primary N) is 5. The first-order valence-electron chi connectivity index (χ1n) is 20.4. The average molecular weight is 740 g/mol. The van der Waals surface area contributed by atoms with Crippen LogP contribution < -0.4 is 49.9 Å². The number of rotatable bonds is 36. The van der Waals surface area contributed by atoms with Crippen molar-refractivity contribution in [2.24, 2.45) is 28.7 Å². The van der Waals surface area contributed by atoms with Crippen molar-refractivity contribution in [2.75, 3.05) is 26.2 Å². The molecule has 5 amide bonds. The Morgan fingerprint density at radius 1 is 0.404 bits per heavy atom. The van der Waals surface area contributed by atoms with E-state index in [4.69, 9.17) is 28.7 Å². The molecule has 0 aliphatic carbocycles. The molecule has 0 aliphatic heterocycles. The smallest absolute Gasteiger partial charge is 0.243 e. The Balaban J connectivity index is 4.98. The minimum absolute atomic E-state index is 0.211. The van der Waals surface area contributed by atoms with E-state index in [0.717, 1.165) is 19.3 Å². The molecule has 0 saturated carbocycles. The molecule has 0 rings (SSSR count). The minimum atomic E-state index is -1.02. The number of carbonyl (C=O) groups excluding carboxylic acids is 5. The fourth-order valence-corrected chi connectivity index (χ4v) is 6.12. The van der Waals surface area contributed by atoms with Gasteiger partial charge in [-0.05, 0) is 84.0 Å². The summed E-state index contributed by atoms with van der Waals surface area (Å²) in [6.07, 6.45) is 21.7. The molecular weight excluding hydrogens is 662 g/mol. The first-order valence-corrected chi connectivity index (χ1v) is 20.4. The van der Waals surface area contributed by atoms with Crippen molar-refractivity contribution in [3.63, 3.8) is 0 Å². The van der Waals surface area contributed by atoms with Crippen molar-refractivity contribution in [1.82, 2.24) is 21.3 Å². The van der Waals surface area contributed by atoms with Gasteiger partial charge in [0.2, 0.25) is 29.5 Å². The van der Waals surface area contributed by atoms with Crippen LogP contribution in [0.1, 0.15) is 161 Å². The summed E-state index contributed by atoms with van der Waals surface area (Å²) >= 11 is 0.